The van der Waals surface area contributed by atoms with Crippen molar-refractivity contribution in [2.24, 2.45) is 11.3 Å². The zero-order valence-corrected chi connectivity index (χ0v) is 13.4. The van der Waals surface area contributed by atoms with Crippen LogP contribution in [-0.4, -0.2) is 35.5 Å². The summed E-state index contributed by atoms with van der Waals surface area (Å²) >= 11 is 0. The van der Waals surface area contributed by atoms with Crippen molar-refractivity contribution in [3.63, 3.8) is 0 Å². The van der Waals surface area contributed by atoms with E-state index in [0.29, 0.717) is 0 Å². The molecule has 3 heteroatoms. The SMILES string of the molecule is CC1CCN(CN2C(=O)C(C)(C)[C@@H]2c2ccccc2)CC1. The standard InChI is InChI=1S/C18H26N2O/c1-14-9-11-19(12-10-14)13-20-16(18(2,3)17(20)21)15-7-5-4-6-8-15/h4-8,14,16H,9-13H2,1-3H3/t16-/m0/s1. The van der Waals surface area contributed by atoms with Crippen LogP contribution in [0.1, 0.15) is 45.2 Å². The lowest BCUT2D eigenvalue weighted by Crippen LogP contribution is -2.63. The second-order valence-electron chi connectivity index (χ2n) is 7.25. The van der Waals surface area contributed by atoms with Crippen molar-refractivity contribution >= 4 is 5.91 Å². The Bertz CT molecular complexity index is 503. The van der Waals surface area contributed by atoms with E-state index in [1.54, 1.807) is 0 Å². The van der Waals surface area contributed by atoms with Gasteiger partial charge < -0.3 is 4.90 Å². The first-order chi connectivity index (χ1) is 10.00. The normalized spacial score (nSPS) is 26.7. The molecule has 0 spiro atoms. The highest BCUT2D eigenvalue weighted by Gasteiger charge is 2.54. The number of hydrogen-bond acceptors (Lipinski definition) is 2. The van der Waals surface area contributed by atoms with Crippen LogP contribution in [0.4, 0.5) is 0 Å². The van der Waals surface area contributed by atoms with E-state index < -0.39 is 0 Å². The predicted octanol–water partition coefficient (Wildman–Crippen LogP) is 3.29. The Hall–Kier alpha value is -1.35. The first-order valence-corrected chi connectivity index (χ1v) is 8.08. The number of likely N-dealkylation sites (tertiary alicyclic amines) is 2. The van der Waals surface area contributed by atoms with Gasteiger partial charge in [0, 0.05) is 13.1 Å². The summed E-state index contributed by atoms with van der Waals surface area (Å²) in [7, 11) is 0. The van der Waals surface area contributed by atoms with Gasteiger partial charge in [-0.05, 0) is 38.2 Å². The smallest absolute Gasteiger partial charge is 0.232 e. The number of carbonyl (C=O) groups is 1. The molecule has 2 aliphatic heterocycles. The van der Waals surface area contributed by atoms with Gasteiger partial charge in [0.1, 0.15) is 0 Å². The zero-order valence-electron chi connectivity index (χ0n) is 13.4. The fourth-order valence-electron chi connectivity index (χ4n) is 3.72. The van der Waals surface area contributed by atoms with E-state index >= 15 is 0 Å². The zero-order chi connectivity index (χ0) is 15.0. The maximum Gasteiger partial charge on any atom is 0.232 e. The summed E-state index contributed by atoms with van der Waals surface area (Å²) in [6.07, 6.45) is 2.50. The summed E-state index contributed by atoms with van der Waals surface area (Å²) < 4.78 is 0. The summed E-state index contributed by atoms with van der Waals surface area (Å²) in [5, 5.41) is 0. The summed E-state index contributed by atoms with van der Waals surface area (Å²) in [4.78, 5) is 17.0. The van der Waals surface area contributed by atoms with Gasteiger partial charge in [0.2, 0.25) is 5.91 Å². The fourth-order valence-corrected chi connectivity index (χ4v) is 3.72. The molecule has 1 amide bonds. The molecule has 0 aromatic heterocycles. The lowest BCUT2D eigenvalue weighted by Gasteiger charge is -2.54. The van der Waals surface area contributed by atoms with Gasteiger partial charge in [-0.25, -0.2) is 0 Å². The molecule has 0 saturated carbocycles. The number of β-lactam (4-membered cyclic amide) rings is 1. The first-order valence-electron chi connectivity index (χ1n) is 8.08. The van der Waals surface area contributed by atoms with Gasteiger partial charge in [-0.1, -0.05) is 37.3 Å². The molecule has 0 bridgehead atoms. The minimum Gasteiger partial charge on any atom is -0.321 e. The van der Waals surface area contributed by atoms with Crippen LogP contribution in [0.2, 0.25) is 0 Å². The Balaban J connectivity index is 1.73. The van der Waals surface area contributed by atoms with Crippen molar-refractivity contribution in [1.29, 1.82) is 0 Å². The van der Waals surface area contributed by atoms with Gasteiger partial charge in [-0.15, -0.1) is 0 Å². The molecular weight excluding hydrogens is 260 g/mol. The van der Waals surface area contributed by atoms with Crippen LogP contribution in [-0.2, 0) is 4.79 Å². The second-order valence-corrected chi connectivity index (χ2v) is 7.25. The Labute approximate surface area is 127 Å². The van der Waals surface area contributed by atoms with E-state index in [1.807, 2.05) is 6.07 Å². The van der Waals surface area contributed by atoms with Crippen molar-refractivity contribution in [1.82, 2.24) is 9.80 Å². The molecule has 2 heterocycles. The number of rotatable bonds is 3. The van der Waals surface area contributed by atoms with Gasteiger partial charge >= 0.3 is 0 Å². The molecule has 0 radical (unpaired) electrons. The van der Waals surface area contributed by atoms with Gasteiger partial charge in [-0.2, -0.15) is 0 Å². The van der Waals surface area contributed by atoms with Crippen LogP contribution in [0.5, 0.6) is 0 Å². The van der Waals surface area contributed by atoms with Gasteiger partial charge in [0.05, 0.1) is 18.1 Å². The molecule has 2 fully saturated rings. The molecule has 0 N–H and O–H groups in total. The maximum atomic E-state index is 12.5. The average molecular weight is 286 g/mol. The van der Waals surface area contributed by atoms with Gasteiger partial charge in [0.25, 0.3) is 0 Å². The molecule has 3 nitrogen and oxygen atoms in total. The monoisotopic (exact) mass is 286 g/mol. The van der Waals surface area contributed by atoms with Gasteiger partial charge in [0.15, 0.2) is 0 Å². The van der Waals surface area contributed by atoms with Crippen molar-refractivity contribution in [2.45, 2.75) is 39.7 Å². The quantitative estimate of drug-likeness (QED) is 0.796. The summed E-state index contributed by atoms with van der Waals surface area (Å²) in [6.45, 7) is 9.49. The fraction of sp³-hybridized carbons (Fsp3) is 0.611. The maximum absolute atomic E-state index is 12.5. The molecule has 21 heavy (non-hydrogen) atoms. The Morgan fingerprint density at radius 2 is 1.76 bits per heavy atom. The lowest BCUT2D eigenvalue weighted by molar-refractivity contribution is -0.174. The molecule has 1 atom stereocenters. The van der Waals surface area contributed by atoms with Crippen LogP contribution >= 0.6 is 0 Å². The van der Waals surface area contributed by atoms with Crippen LogP contribution < -0.4 is 0 Å². The molecule has 0 unspecified atom stereocenters. The number of amides is 1. The molecular formula is C18H26N2O. The molecule has 1 aromatic rings. The number of benzene rings is 1. The van der Waals surface area contributed by atoms with Gasteiger partial charge in [-0.3, -0.25) is 9.69 Å². The number of hydrogen-bond donors (Lipinski definition) is 0. The Morgan fingerprint density at radius 1 is 1.14 bits per heavy atom. The third kappa shape index (κ3) is 2.59. The molecule has 0 aliphatic carbocycles. The first kappa shape index (κ1) is 14.6. The van der Waals surface area contributed by atoms with Crippen LogP contribution in [0, 0.1) is 11.3 Å². The second kappa shape index (κ2) is 5.45. The highest BCUT2D eigenvalue weighted by Crippen LogP contribution is 2.49. The lowest BCUT2D eigenvalue weighted by atomic mass is 9.71. The van der Waals surface area contributed by atoms with Crippen molar-refractivity contribution in [2.75, 3.05) is 19.8 Å². The highest BCUT2D eigenvalue weighted by molar-refractivity contribution is 5.89. The molecule has 3 rings (SSSR count). The molecule has 114 valence electrons. The van der Waals surface area contributed by atoms with E-state index in [-0.39, 0.29) is 17.4 Å². The number of carbonyl (C=O) groups excluding carboxylic acids is 1. The summed E-state index contributed by atoms with van der Waals surface area (Å²) in [5.74, 6) is 1.12. The van der Waals surface area contributed by atoms with Crippen LogP contribution in [0.3, 0.4) is 0 Å². The summed E-state index contributed by atoms with van der Waals surface area (Å²) in [5.41, 5.74) is 0.984. The Kier molecular flexibility index (Phi) is 3.78. The van der Waals surface area contributed by atoms with E-state index in [4.69, 9.17) is 0 Å². The number of piperidine rings is 1. The van der Waals surface area contributed by atoms with Crippen molar-refractivity contribution < 1.29 is 4.79 Å². The largest absolute Gasteiger partial charge is 0.321 e. The van der Waals surface area contributed by atoms with Crippen LogP contribution in [0.25, 0.3) is 0 Å². The van der Waals surface area contributed by atoms with Crippen LogP contribution in [0.15, 0.2) is 30.3 Å². The molecule has 2 saturated heterocycles. The third-order valence-electron chi connectivity index (χ3n) is 5.15. The van der Waals surface area contributed by atoms with E-state index in [9.17, 15) is 4.79 Å². The minimum atomic E-state index is -0.273. The topological polar surface area (TPSA) is 23.6 Å². The molecule has 2 aliphatic rings. The van der Waals surface area contributed by atoms with E-state index in [0.717, 1.165) is 25.7 Å². The average Bonchev–Trinajstić information content (AvgIpc) is 2.49. The van der Waals surface area contributed by atoms with Crippen molar-refractivity contribution in [3.8, 4) is 0 Å². The summed E-state index contributed by atoms with van der Waals surface area (Å²) in [6, 6.07) is 10.7. The van der Waals surface area contributed by atoms with E-state index in [1.165, 1.54) is 18.4 Å². The van der Waals surface area contributed by atoms with E-state index in [2.05, 4.69) is 54.8 Å². The molecule has 1 aromatic carbocycles. The van der Waals surface area contributed by atoms with Crippen molar-refractivity contribution in [3.05, 3.63) is 35.9 Å². The highest BCUT2D eigenvalue weighted by atomic mass is 16.2. The predicted molar refractivity (Wildman–Crippen MR) is 84.6 cm³/mol. The Morgan fingerprint density at radius 3 is 2.38 bits per heavy atom. The minimum absolute atomic E-state index is 0.213. The third-order valence-corrected chi connectivity index (χ3v) is 5.15. The number of nitrogens with zero attached hydrogens (tertiary/aromatic N) is 2.